The molecule has 1 saturated carbocycles. The van der Waals surface area contributed by atoms with Crippen LogP contribution in [0.15, 0.2) is 48.8 Å². The number of anilines is 1. The molecule has 10 heteroatoms. The van der Waals surface area contributed by atoms with Crippen molar-refractivity contribution in [3.8, 4) is 0 Å². The summed E-state index contributed by atoms with van der Waals surface area (Å²) in [6.45, 7) is 5.58. The number of rotatable bonds is 5. The van der Waals surface area contributed by atoms with Crippen molar-refractivity contribution in [2.24, 2.45) is 18.4 Å². The fraction of sp³-hybridized carbons (Fsp3) is 0.516. The van der Waals surface area contributed by atoms with E-state index >= 15 is 0 Å². The lowest BCUT2D eigenvalue weighted by Gasteiger charge is -2.40. The Bertz CT molecular complexity index is 1400. The first kappa shape index (κ1) is 27.9. The Hall–Kier alpha value is -3.24. The molecule has 41 heavy (non-hydrogen) atoms. The van der Waals surface area contributed by atoms with Crippen molar-refractivity contribution in [1.82, 2.24) is 25.0 Å². The molecule has 1 aliphatic carbocycles. The number of benzene rings is 2. The van der Waals surface area contributed by atoms with Crippen molar-refractivity contribution in [3.63, 3.8) is 0 Å². The molecule has 1 N–H and O–H groups in total. The Kier molecular flexibility index (Phi) is 7.40. The number of alkyl halides is 3. The summed E-state index contributed by atoms with van der Waals surface area (Å²) in [5.41, 5.74) is 1.00. The van der Waals surface area contributed by atoms with Gasteiger partial charge in [-0.25, -0.2) is 0 Å². The quantitative estimate of drug-likeness (QED) is 0.449. The highest BCUT2D eigenvalue weighted by atomic mass is 19.4. The number of carbonyl (C=O) groups is 1. The summed E-state index contributed by atoms with van der Waals surface area (Å²) in [6, 6.07) is 11.6. The predicted octanol–water partition coefficient (Wildman–Crippen LogP) is 5.38. The van der Waals surface area contributed by atoms with Gasteiger partial charge in [-0.15, -0.1) is 10.2 Å². The van der Waals surface area contributed by atoms with Crippen molar-refractivity contribution in [2.75, 3.05) is 31.1 Å². The highest BCUT2D eigenvalue weighted by molar-refractivity contribution is 6.10. The number of likely N-dealkylation sites (tertiary alicyclic amines) is 1. The van der Waals surface area contributed by atoms with Crippen LogP contribution >= 0.6 is 0 Å². The van der Waals surface area contributed by atoms with E-state index in [9.17, 15) is 18.0 Å². The number of aryl methyl sites for hydroxylation is 1. The third-order valence-corrected chi connectivity index (χ3v) is 9.44. The van der Waals surface area contributed by atoms with Gasteiger partial charge in [0.25, 0.3) is 5.91 Å². The van der Waals surface area contributed by atoms with E-state index in [0.29, 0.717) is 11.3 Å². The second-order valence-electron chi connectivity index (χ2n) is 12.2. The third kappa shape index (κ3) is 5.51. The first-order chi connectivity index (χ1) is 19.6. The summed E-state index contributed by atoms with van der Waals surface area (Å²) in [4.78, 5) is 16.7. The number of carbonyl (C=O) groups excluding carboxylic acids is 1. The zero-order chi connectivity index (χ0) is 28.8. The molecule has 1 atom stereocenters. The van der Waals surface area contributed by atoms with Gasteiger partial charge in [0.1, 0.15) is 12.2 Å². The number of para-hydroxylation sites is 1. The maximum absolute atomic E-state index is 14.0. The molecular formula is C31H37F3N6O. The van der Waals surface area contributed by atoms with Gasteiger partial charge in [-0.05, 0) is 61.2 Å². The lowest BCUT2D eigenvalue weighted by Crippen LogP contribution is -2.54. The van der Waals surface area contributed by atoms with Crippen LogP contribution in [0.3, 0.4) is 0 Å². The number of nitrogens with zero attached hydrogens (tertiary/aromatic N) is 5. The number of hydrogen-bond donors (Lipinski definition) is 1. The lowest BCUT2D eigenvalue weighted by molar-refractivity contribution is -0.138. The van der Waals surface area contributed by atoms with E-state index < -0.39 is 11.7 Å². The predicted molar refractivity (Wildman–Crippen MR) is 150 cm³/mol. The highest BCUT2D eigenvalue weighted by Crippen LogP contribution is 2.43. The van der Waals surface area contributed by atoms with E-state index in [1.807, 2.05) is 24.6 Å². The molecule has 0 radical (unpaired) electrons. The Balaban J connectivity index is 0.000000229. The second-order valence-corrected chi connectivity index (χ2v) is 12.2. The van der Waals surface area contributed by atoms with Crippen LogP contribution in [-0.2, 0) is 26.2 Å². The summed E-state index contributed by atoms with van der Waals surface area (Å²) >= 11 is 0. The van der Waals surface area contributed by atoms with Gasteiger partial charge in [-0.1, -0.05) is 37.5 Å². The normalized spacial score (nSPS) is 20.8. The molecule has 1 spiro atoms. The minimum absolute atomic E-state index is 0.0554. The van der Waals surface area contributed by atoms with Gasteiger partial charge in [0.05, 0.1) is 12.1 Å². The van der Waals surface area contributed by atoms with E-state index in [4.69, 9.17) is 0 Å². The molecule has 0 bridgehead atoms. The van der Waals surface area contributed by atoms with Gasteiger partial charge in [-0.2, -0.15) is 13.2 Å². The fourth-order valence-electron chi connectivity index (χ4n) is 6.47. The first-order valence-electron chi connectivity index (χ1n) is 14.5. The van der Waals surface area contributed by atoms with Crippen LogP contribution in [0.1, 0.15) is 71.5 Å². The van der Waals surface area contributed by atoms with Gasteiger partial charge in [0, 0.05) is 55.8 Å². The number of hydrogen-bond acceptors (Lipinski definition) is 5. The summed E-state index contributed by atoms with van der Waals surface area (Å²) in [5.74, 6) is 1.66. The summed E-state index contributed by atoms with van der Waals surface area (Å²) in [6.07, 6.45) is 3.62. The average Bonchev–Trinajstić information content (AvgIpc) is 3.63. The Morgan fingerprint density at radius 1 is 1.15 bits per heavy atom. The van der Waals surface area contributed by atoms with Crippen LogP contribution in [0.4, 0.5) is 18.9 Å². The van der Waals surface area contributed by atoms with Crippen LogP contribution in [0, 0.1) is 11.3 Å². The molecule has 3 aromatic rings. The zero-order valence-corrected chi connectivity index (χ0v) is 23.6. The van der Waals surface area contributed by atoms with Crippen molar-refractivity contribution in [3.05, 3.63) is 76.9 Å². The average molecular weight is 567 g/mol. The summed E-state index contributed by atoms with van der Waals surface area (Å²) < 4.78 is 43.9. The number of aromatic nitrogens is 3. The molecule has 7 nitrogen and oxygen atoms in total. The molecule has 2 aromatic carbocycles. The van der Waals surface area contributed by atoms with Crippen molar-refractivity contribution < 1.29 is 18.0 Å². The molecule has 218 valence electrons. The van der Waals surface area contributed by atoms with Gasteiger partial charge >= 0.3 is 6.18 Å². The summed E-state index contributed by atoms with van der Waals surface area (Å²) in [7, 11) is 2.01. The smallest absolute Gasteiger partial charge is 0.321 e. The molecule has 1 aromatic heterocycles. The molecular weight excluding hydrogens is 529 g/mol. The maximum Gasteiger partial charge on any atom is 0.416 e. The lowest BCUT2D eigenvalue weighted by atomic mass is 9.81. The van der Waals surface area contributed by atoms with E-state index in [1.54, 1.807) is 36.7 Å². The number of halogens is 3. The zero-order valence-electron chi connectivity index (χ0n) is 23.6. The van der Waals surface area contributed by atoms with Crippen molar-refractivity contribution in [2.45, 2.75) is 57.8 Å². The Labute approximate surface area is 238 Å². The standard InChI is InChI=1S/C23H24F3N3O.C8H13N3/c1-15(28-8-7-22(14-28)12-27-13-22)16-9-18-19(20(10-16)23(24,25)26)11-29(21(18)30)17-5-3-2-4-6-17;1-11-6-9-10-8(11)5-7-3-2-4-7/h2-6,9-10,15,27H,7-8,11-14H2,1H3;6-7H,2-5H2,1H3. The van der Waals surface area contributed by atoms with Crippen LogP contribution in [0.5, 0.6) is 0 Å². The number of fused-ring (bicyclic) bond motifs is 1. The molecule has 4 aliphatic rings. The van der Waals surface area contributed by atoms with E-state index in [1.165, 1.54) is 30.2 Å². The van der Waals surface area contributed by atoms with E-state index in [2.05, 4.69) is 20.4 Å². The van der Waals surface area contributed by atoms with Crippen molar-refractivity contribution >= 4 is 11.6 Å². The van der Waals surface area contributed by atoms with Crippen molar-refractivity contribution in [1.29, 1.82) is 0 Å². The Morgan fingerprint density at radius 2 is 1.90 bits per heavy atom. The highest BCUT2D eigenvalue weighted by Gasteiger charge is 2.45. The molecule has 3 aliphatic heterocycles. The molecule has 1 unspecified atom stereocenters. The summed E-state index contributed by atoms with van der Waals surface area (Å²) in [5, 5.41) is 11.2. The number of nitrogens with one attached hydrogen (secondary N) is 1. The second kappa shape index (κ2) is 10.9. The fourth-order valence-corrected chi connectivity index (χ4v) is 6.47. The minimum Gasteiger partial charge on any atom is -0.321 e. The molecule has 2 saturated heterocycles. The Morgan fingerprint density at radius 3 is 2.46 bits per heavy atom. The van der Waals surface area contributed by atoms with Gasteiger partial charge < -0.3 is 14.8 Å². The van der Waals surface area contributed by atoms with Crippen LogP contribution in [0.2, 0.25) is 0 Å². The minimum atomic E-state index is -4.50. The first-order valence-corrected chi connectivity index (χ1v) is 14.5. The monoisotopic (exact) mass is 566 g/mol. The van der Waals surface area contributed by atoms with Gasteiger partial charge in [0.2, 0.25) is 0 Å². The molecule has 3 fully saturated rings. The third-order valence-electron chi connectivity index (χ3n) is 9.44. The van der Waals surface area contributed by atoms with Crippen LogP contribution in [0.25, 0.3) is 0 Å². The van der Waals surface area contributed by atoms with Gasteiger partial charge in [0.15, 0.2) is 0 Å². The van der Waals surface area contributed by atoms with E-state index in [0.717, 1.165) is 50.8 Å². The molecule has 4 heterocycles. The van der Waals surface area contributed by atoms with Gasteiger partial charge in [-0.3, -0.25) is 9.69 Å². The largest absolute Gasteiger partial charge is 0.416 e. The van der Waals surface area contributed by atoms with Crippen LogP contribution < -0.4 is 10.2 Å². The molecule has 7 rings (SSSR count). The number of amides is 1. The van der Waals surface area contributed by atoms with Crippen LogP contribution in [-0.4, -0.2) is 51.8 Å². The topological polar surface area (TPSA) is 66.3 Å². The maximum atomic E-state index is 14.0. The molecule has 1 amide bonds. The van der Waals surface area contributed by atoms with E-state index in [-0.39, 0.29) is 35.0 Å². The SMILES string of the molecule is CC(c1cc2c(c(C(F)(F)F)c1)CN(c1ccccc1)C2=O)N1CCC2(CNC2)C1.Cn1cnnc1CC1CCC1.